The molecule has 2 aromatic rings. The SMILES string of the molecule is CN(Cc1ccccc1)C(=O)[C@H](Cc1ccccc1)NC(=O)[C@H]1N[C@@H]1C(=O)O.[H-].[Na+]. The van der Waals surface area contributed by atoms with Crippen LogP contribution in [0.1, 0.15) is 12.6 Å². The molecular formula is C21H24N3NaO4. The summed E-state index contributed by atoms with van der Waals surface area (Å²) in [4.78, 5) is 38.0. The van der Waals surface area contributed by atoms with Crippen LogP contribution in [0.3, 0.4) is 0 Å². The zero-order valence-corrected chi connectivity index (χ0v) is 18.5. The number of nitrogens with one attached hydrogen (secondary N) is 2. The molecule has 3 N–H and O–H groups in total. The zero-order chi connectivity index (χ0) is 20.1. The quantitative estimate of drug-likeness (QED) is 0.345. The summed E-state index contributed by atoms with van der Waals surface area (Å²) >= 11 is 0. The van der Waals surface area contributed by atoms with Crippen LogP contribution < -0.4 is 40.2 Å². The van der Waals surface area contributed by atoms with Gasteiger partial charge in [0.2, 0.25) is 11.8 Å². The Balaban J connectivity index is 0.00000225. The molecular weight excluding hydrogens is 381 g/mol. The fraction of sp³-hybridized carbons (Fsp3) is 0.286. The second kappa shape index (κ2) is 10.5. The maximum absolute atomic E-state index is 13.0. The largest absolute Gasteiger partial charge is 1.00 e. The number of carbonyl (C=O) groups excluding carboxylic acids is 2. The number of hydrogen-bond acceptors (Lipinski definition) is 4. The van der Waals surface area contributed by atoms with Gasteiger partial charge in [0, 0.05) is 20.0 Å². The van der Waals surface area contributed by atoms with Gasteiger partial charge < -0.3 is 16.7 Å². The predicted molar refractivity (Wildman–Crippen MR) is 104 cm³/mol. The molecule has 3 rings (SSSR count). The molecule has 1 saturated heterocycles. The molecule has 29 heavy (non-hydrogen) atoms. The van der Waals surface area contributed by atoms with E-state index in [1.54, 1.807) is 11.9 Å². The van der Waals surface area contributed by atoms with Gasteiger partial charge in [-0.3, -0.25) is 19.7 Å². The van der Waals surface area contributed by atoms with Crippen molar-refractivity contribution >= 4 is 17.8 Å². The molecule has 148 valence electrons. The monoisotopic (exact) mass is 405 g/mol. The third-order valence-electron chi connectivity index (χ3n) is 4.67. The van der Waals surface area contributed by atoms with Gasteiger partial charge in [0.25, 0.3) is 0 Å². The predicted octanol–water partition coefficient (Wildman–Crippen LogP) is -2.09. The minimum Gasteiger partial charge on any atom is -1.00 e. The third-order valence-corrected chi connectivity index (χ3v) is 4.67. The second-order valence-corrected chi connectivity index (χ2v) is 6.89. The molecule has 0 radical (unpaired) electrons. The van der Waals surface area contributed by atoms with E-state index in [4.69, 9.17) is 5.11 Å². The molecule has 0 saturated carbocycles. The first kappa shape index (κ1) is 23.1. The van der Waals surface area contributed by atoms with Gasteiger partial charge in [-0.25, -0.2) is 0 Å². The Kier molecular flexibility index (Phi) is 8.40. The first-order valence-corrected chi connectivity index (χ1v) is 9.08. The minimum atomic E-state index is -1.08. The minimum absolute atomic E-state index is 0. The van der Waals surface area contributed by atoms with Crippen LogP contribution in [0, 0.1) is 0 Å². The molecule has 1 aliphatic heterocycles. The smallest absolute Gasteiger partial charge is 1.00 e. The topological polar surface area (TPSA) is 109 Å². The van der Waals surface area contributed by atoms with E-state index in [1.807, 2.05) is 60.7 Å². The third kappa shape index (κ3) is 6.40. The Morgan fingerprint density at radius 3 is 2.10 bits per heavy atom. The average molecular weight is 405 g/mol. The van der Waals surface area contributed by atoms with Crippen LogP contribution in [0.4, 0.5) is 0 Å². The average Bonchev–Trinajstić information content (AvgIpc) is 3.50. The molecule has 0 bridgehead atoms. The van der Waals surface area contributed by atoms with Gasteiger partial charge in [0.1, 0.15) is 18.1 Å². The Hall–Kier alpha value is -2.19. The van der Waals surface area contributed by atoms with Crippen LogP contribution in [0.25, 0.3) is 0 Å². The molecule has 1 fully saturated rings. The molecule has 0 aliphatic carbocycles. The molecule has 3 atom stereocenters. The standard InChI is InChI=1S/C21H23N3O4.Na.H/c1-24(13-15-10-6-3-7-11-15)20(26)16(12-14-8-4-2-5-9-14)22-19(25)17-18(23-17)21(27)28;;/h2-11,16-18,23H,12-13H2,1H3,(H,22,25)(H,27,28);;/q;+1;-1/t16-,17-,18-;;/m0../s1. The molecule has 0 spiro atoms. The van der Waals surface area contributed by atoms with Crippen LogP contribution in [-0.2, 0) is 27.3 Å². The fourth-order valence-corrected chi connectivity index (χ4v) is 3.09. The van der Waals surface area contributed by atoms with Crippen molar-refractivity contribution in [2.45, 2.75) is 31.1 Å². The number of rotatable bonds is 8. The number of amides is 2. The van der Waals surface area contributed by atoms with E-state index in [2.05, 4.69) is 10.6 Å². The van der Waals surface area contributed by atoms with Crippen molar-refractivity contribution in [1.29, 1.82) is 0 Å². The van der Waals surface area contributed by atoms with Crippen LogP contribution in [0.5, 0.6) is 0 Å². The van der Waals surface area contributed by atoms with E-state index in [0.29, 0.717) is 13.0 Å². The molecule has 0 unspecified atom stereocenters. The van der Waals surface area contributed by atoms with E-state index in [9.17, 15) is 14.4 Å². The summed E-state index contributed by atoms with van der Waals surface area (Å²) in [6, 6.07) is 16.5. The zero-order valence-electron chi connectivity index (χ0n) is 17.5. The van der Waals surface area contributed by atoms with Gasteiger partial charge in [-0.05, 0) is 11.1 Å². The summed E-state index contributed by atoms with van der Waals surface area (Å²) in [5.74, 6) is -1.78. The van der Waals surface area contributed by atoms with Gasteiger partial charge in [-0.1, -0.05) is 60.7 Å². The van der Waals surface area contributed by atoms with Crippen molar-refractivity contribution in [3.05, 3.63) is 71.8 Å². The summed E-state index contributed by atoms with van der Waals surface area (Å²) in [6.07, 6.45) is 0.328. The number of benzene rings is 2. The summed E-state index contributed by atoms with van der Waals surface area (Å²) in [7, 11) is 1.69. The molecule has 7 nitrogen and oxygen atoms in total. The first-order valence-electron chi connectivity index (χ1n) is 9.08. The van der Waals surface area contributed by atoms with E-state index in [-0.39, 0.29) is 36.9 Å². The molecule has 1 aliphatic rings. The van der Waals surface area contributed by atoms with Crippen LogP contribution in [0.15, 0.2) is 60.7 Å². The van der Waals surface area contributed by atoms with Crippen molar-refractivity contribution in [3.8, 4) is 0 Å². The summed E-state index contributed by atoms with van der Waals surface area (Å²) in [5, 5.41) is 14.3. The maximum Gasteiger partial charge on any atom is 1.00 e. The van der Waals surface area contributed by atoms with E-state index in [0.717, 1.165) is 11.1 Å². The molecule has 1 heterocycles. The van der Waals surface area contributed by atoms with E-state index >= 15 is 0 Å². The second-order valence-electron chi connectivity index (χ2n) is 6.89. The number of hydrogen-bond donors (Lipinski definition) is 3. The fourth-order valence-electron chi connectivity index (χ4n) is 3.09. The Morgan fingerprint density at radius 1 is 1.03 bits per heavy atom. The molecule has 2 amide bonds. The van der Waals surface area contributed by atoms with Crippen LogP contribution in [0.2, 0.25) is 0 Å². The van der Waals surface area contributed by atoms with Crippen LogP contribution >= 0.6 is 0 Å². The summed E-state index contributed by atoms with van der Waals surface area (Å²) in [5.41, 5.74) is 1.89. The number of aliphatic carboxylic acids is 1. The van der Waals surface area contributed by atoms with Crippen molar-refractivity contribution < 1.29 is 50.5 Å². The Bertz CT molecular complexity index is 854. The van der Waals surface area contributed by atoms with Gasteiger partial charge >= 0.3 is 35.5 Å². The van der Waals surface area contributed by atoms with Crippen molar-refractivity contribution in [2.75, 3.05) is 7.05 Å². The van der Waals surface area contributed by atoms with E-state index in [1.165, 1.54) is 0 Å². The van der Waals surface area contributed by atoms with Crippen molar-refractivity contribution in [1.82, 2.24) is 15.5 Å². The summed E-state index contributed by atoms with van der Waals surface area (Å²) in [6.45, 7) is 0.417. The molecule has 0 aromatic heterocycles. The number of carboxylic acids is 1. The van der Waals surface area contributed by atoms with E-state index < -0.39 is 30.0 Å². The number of carbonyl (C=O) groups is 3. The Morgan fingerprint density at radius 2 is 1.59 bits per heavy atom. The van der Waals surface area contributed by atoms with Gasteiger partial charge in [-0.2, -0.15) is 0 Å². The van der Waals surface area contributed by atoms with Gasteiger partial charge in [0.05, 0.1) is 0 Å². The number of likely N-dealkylation sites (N-methyl/N-ethyl adjacent to an activating group) is 1. The van der Waals surface area contributed by atoms with Crippen LogP contribution in [-0.4, -0.2) is 53.0 Å². The van der Waals surface area contributed by atoms with Crippen molar-refractivity contribution in [3.63, 3.8) is 0 Å². The Labute approximate surface area is 193 Å². The summed E-state index contributed by atoms with van der Waals surface area (Å²) < 4.78 is 0. The van der Waals surface area contributed by atoms with Gasteiger partial charge in [-0.15, -0.1) is 0 Å². The molecule has 2 aromatic carbocycles. The number of carboxylic acid groups (broad SMARTS) is 1. The molecule has 8 heteroatoms. The first-order chi connectivity index (χ1) is 13.5. The number of nitrogens with zero attached hydrogens (tertiary/aromatic N) is 1. The normalized spacial score (nSPS) is 18.1. The van der Waals surface area contributed by atoms with Gasteiger partial charge in [0.15, 0.2) is 0 Å². The maximum atomic E-state index is 13.0. The van der Waals surface area contributed by atoms with Crippen molar-refractivity contribution in [2.24, 2.45) is 0 Å².